The lowest BCUT2D eigenvalue weighted by atomic mass is 10.0. The summed E-state index contributed by atoms with van der Waals surface area (Å²) >= 11 is 3.48. The monoisotopic (exact) mass is 731 g/mol. The van der Waals surface area contributed by atoms with Crippen molar-refractivity contribution in [3.8, 4) is 11.5 Å². The number of hydrogen-bond acceptors (Lipinski definition) is 6. The molecule has 0 bridgehead atoms. The molecular formula is C37H38BrN3O6S. The third-order valence-electron chi connectivity index (χ3n) is 8.66. The summed E-state index contributed by atoms with van der Waals surface area (Å²) in [6, 6.07) is 29.1. The van der Waals surface area contributed by atoms with Gasteiger partial charge in [0, 0.05) is 29.5 Å². The number of fused-ring (bicyclic) bond motifs is 1. The topological polar surface area (TPSA) is 105 Å². The van der Waals surface area contributed by atoms with Crippen LogP contribution >= 0.6 is 15.9 Å². The van der Waals surface area contributed by atoms with Crippen LogP contribution in [0, 0.1) is 0 Å². The van der Waals surface area contributed by atoms with Crippen LogP contribution in [0.2, 0.25) is 0 Å². The summed E-state index contributed by atoms with van der Waals surface area (Å²) in [6.07, 6.45) is 4.11. The van der Waals surface area contributed by atoms with Crippen LogP contribution in [0.15, 0.2) is 112 Å². The van der Waals surface area contributed by atoms with E-state index >= 15 is 0 Å². The van der Waals surface area contributed by atoms with Crippen molar-refractivity contribution >= 4 is 43.5 Å². The molecule has 1 N–H and O–H groups in total. The van der Waals surface area contributed by atoms with Crippen LogP contribution in [-0.2, 0) is 32.6 Å². The first kappa shape index (κ1) is 33.5. The SMILES string of the molecule is O=C(NC1CCCC1)C(Cc1ccccc1)N(Cc1ccc(Br)cc1)C(=O)CN(c1ccc2c(c1)OCCO2)S(=O)(=O)c1ccccc1. The van der Waals surface area contributed by atoms with Crippen LogP contribution in [0.1, 0.15) is 36.8 Å². The number of anilines is 1. The maximum absolute atomic E-state index is 14.7. The highest BCUT2D eigenvalue weighted by Crippen LogP contribution is 2.36. The molecule has 9 nitrogen and oxygen atoms in total. The van der Waals surface area contributed by atoms with Crippen molar-refractivity contribution < 1.29 is 27.5 Å². The summed E-state index contributed by atoms with van der Waals surface area (Å²) in [5.74, 6) is 0.115. The fourth-order valence-corrected chi connectivity index (χ4v) is 7.83. The molecular weight excluding hydrogens is 694 g/mol. The summed E-state index contributed by atoms with van der Waals surface area (Å²) in [6.45, 7) is 0.254. The van der Waals surface area contributed by atoms with Gasteiger partial charge in [0.05, 0.1) is 10.6 Å². The Hall–Kier alpha value is -4.35. The number of benzene rings is 4. The van der Waals surface area contributed by atoms with Crippen molar-refractivity contribution in [1.29, 1.82) is 0 Å². The van der Waals surface area contributed by atoms with Gasteiger partial charge in [-0.25, -0.2) is 8.42 Å². The van der Waals surface area contributed by atoms with Gasteiger partial charge in [-0.2, -0.15) is 0 Å². The lowest BCUT2D eigenvalue weighted by Crippen LogP contribution is -2.54. The number of nitrogens with one attached hydrogen (secondary N) is 1. The predicted octanol–water partition coefficient (Wildman–Crippen LogP) is 6.11. The summed E-state index contributed by atoms with van der Waals surface area (Å²) in [4.78, 5) is 30.4. The van der Waals surface area contributed by atoms with Gasteiger partial charge >= 0.3 is 0 Å². The molecule has 6 rings (SSSR count). The van der Waals surface area contributed by atoms with Gasteiger partial charge in [0.1, 0.15) is 25.8 Å². The van der Waals surface area contributed by atoms with Gasteiger partial charge in [-0.15, -0.1) is 0 Å². The fraction of sp³-hybridized carbons (Fsp3) is 0.297. The van der Waals surface area contributed by atoms with Gasteiger partial charge in [-0.05, 0) is 60.4 Å². The zero-order valence-electron chi connectivity index (χ0n) is 26.5. The van der Waals surface area contributed by atoms with E-state index < -0.39 is 28.5 Å². The van der Waals surface area contributed by atoms with E-state index in [9.17, 15) is 18.0 Å². The average molecular weight is 733 g/mol. The third kappa shape index (κ3) is 8.02. The smallest absolute Gasteiger partial charge is 0.264 e. The van der Waals surface area contributed by atoms with Gasteiger partial charge in [-0.3, -0.25) is 13.9 Å². The van der Waals surface area contributed by atoms with Crippen LogP contribution in [0.4, 0.5) is 5.69 Å². The highest BCUT2D eigenvalue weighted by atomic mass is 79.9. The minimum atomic E-state index is -4.23. The summed E-state index contributed by atoms with van der Waals surface area (Å²) in [5, 5.41) is 3.20. The zero-order valence-corrected chi connectivity index (χ0v) is 28.9. The normalized spacial score (nSPS) is 15.0. The molecule has 11 heteroatoms. The third-order valence-corrected chi connectivity index (χ3v) is 11.0. The summed E-state index contributed by atoms with van der Waals surface area (Å²) in [5.41, 5.74) is 1.93. The maximum atomic E-state index is 14.7. The molecule has 1 fully saturated rings. The van der Waals surface area contributed by atoms with E-state index in [0.29, 0.717) is 24.7 Å². The van der Waals surface area contributed by atoms with Gasteiger partial charge in [0.2, 0.25) is 11.8 Å². The van der Waals surface area contributed by atoms with Crippen molar-refractivity contribution in [2.75, 3.05) is 24.1 Å². The molecule has 0 radical (unpaired) electrons. The lowest BCUT2D eigenvalue weighted by Gasteiger charge is -2.34. The quantitative estimate of drug-likeness (QED) is 0.189. The maximum Gasteiger partial charge on any atom is 0.264 e. The first-order valence-electron chi connectivity index (χ1n) is 16.1. The van der Waals surface area contributed by atoms with E-state index in [0.717, 1.165) is 45.6 Å². The Labute approximate surface area is 290 Å². The minimum absolute atomic E-state index is 0.0342. The second-order valence-electron chi connectivity index (χ2n) is 12.0. The molecule has 2 aliphatic rings. The van der Waals surface area contributed by atoms with E-state index in [-0.39, 0.29) is 35.5 Å². The number of ether oxygens (including phenoxy) is 2. The fourth-order valence-electron chi connectivity index (χ4n) is 6.14. The number of sulfonamides is 1. The second kappa shape index (κ2) is 15.3. The Morgan fingerprint density at radius 1 is 0.812 bits per heavy atom. The molecule has 1 unspecified atom stereocenters. The number of hydrogen-bond donors (Lipinski definition) is 1. The molecule has 250 valence electrons. The zero-order chi connectivity index (χ0) is 33.5. The molecule has 1 heterocycles. The molecule has 1 aliphatic heterocycles. The summed E-state index contributed by atoms with van der Waals surface area (Å²) < 4.78 is 42.0. The molecule has 1 atom stereocenters. The van der Waals surface area contributed by atoms with Crippen LogP contribution in [0.25, 0.3) is 0 Å². The molecule has 2 amide bonds. The van der Waals surface area contributed by atoms with Crippen molar-refractivity contribution in [3.63, 3.8) is 0 Å². The number of rotatable bonds is 12. The Kier molecular flexibility index (Phi) is 10.7. The van der Waals surface area contributed by atoms with Crippen LogP contribution in [0.5, 0.6) is 11.5 Å². The Morgan fingerprint density at radius 3 is 2.15 bits per heavy atom. The largest absolute Gasteiger partial charge is 0.486 e. The van der Waals surface area contributed by atoms with Gasteiger partial charge in [0.25, 0.3) is 10.0 Å². The van der Waals surface area contributed by atoms with Crippen molar-refractivity contribution in [2.24, 2.45) is 0 Å². The summed E-state index contributed by atoms with van der Waals surface area (Å²) in [7, 11) is -4.23. The molecule has 1 aliphatic carbocycles. The first-order valence-corrected chi connectivity index (χ1v) is 18.4. The Bertz CT molecular complexity index is 1820. The van der Waals surface area contributed by atoms with Crippen molar-refractivity contribution in [2.45, 2.75) is 55.6 Å². The standard InChI is InChI=1S/C37H38BrN3O6S/c38-29-17-15-28(16-18-29)25-40(33(23-27-9-3-1-4-10-27)37(43)39-30-11-7-8-12-30)36(42)26-41(48(44,45)32-13-5-2-6-14-32)31-19-20-34-35(24-31)47-22-21-46-34/h1-6,9-10,13-20,24,30,33H,7-8,11-12,21-23,25-26H2,(H,39,43). The number of carbonyl (C=O) groups is 2. The van der Waals surface area contributed by atoms with Crippen LogP contribution < -0.4 is 19.1 Å². The Morgan fingerprint density at radius 2 is 1.46 bits per heavy atom. The molecule has 0 aromatic heterocycles. The van der Waals surface area contributed by atoms with Crippen LogP contribution in [-0.4, -0.2) is 57.0 Å². The van der Waals surface area contributed by atoms with E-state index in [1.165, 1.54) is 17.0 Å². The van der Waals surface area contributed by atoms with Gasteiger partial charge < -0.3 is 19.7 Å². The molecule has 1 saturated carbocycles. The van der Waals surface area contributed by atoms with Crippen molar-refractivity contribution in [3.05, 3.63) is 119 Å². The first-order chi connectivity index (χ1) is 23.3. The lowest BCUT2D eigenvalue weighted by molar-refractivity contribution is -0.140. The molecule has 0 spiro atoms. The minimum Gasteiger partial charge on any atom is -0.486 e. The number of carbonyl (C=O) groups excluding carboxylic acids is 2. The Balaban J connectivity index is 1.40. The van der Waals surface area contributed by atoms with Gasteiger partial charge in [-0.1, -0.05) is 89.4 Å². The van der Waals surface area contributed by atoms with E-state index in [4.69, 9.17) is 9.47 Å². The number of halogens is 1. The van der Waals surface area contributed by atoms with Crippen LogP contribution in [0.3, 0.4) is 0 Å². The second-order valence-corrected chi connectivity index (χ2v) is 14.8. The average Bonchev–Trinajstić information content (AvgIpc) is 3.63. The van der Waals surface area contributed by atoms with E-state index in [1.54, 1.807) is 36.4 Å². The number of nitrogens with zero attached hydrogens (tertiary/aromatic N) is 2. The van der Waals surface area contributed by atoms with E-state index in [2.05, 4.69) is 21.2 Å². The van der Waals surface area contributed by atoms with Crippen molar-refractivity contribution in [1.82, 2.24) is 10.2 Å². The number of amides is 2. The molecule has 0 saturated heterocycles. The highest BCUT2D eigenvalue weighted by Gasteiger charge is 2.36. The van der Waals surface area contributed by atoms with E-state index in [1.807, 2.05) is 54.6 Å². The highest BCUT2D eigenvalue weighted by molar-refractivity contribution is 9.10. The molecule has 48 heavy (non-hydrogen) atoms. The predicted molar refractivity (Wildman–Crippen MR) is 187 cm³/mol. The van der Waals surface area contributed by atoms with Gasteiger partial charge in [0.15, 0.2) is 11.5 Å². The molecule has 4 aromatic rings. The molecule has 4 aromatic carbocycles.